The number of carbonyl (C=O) groups is 2. The minimum atomic E-state index is -0.671. The van der Waals surface area contributed by atoms with Crippen molar-refractivity contribution in [2.24, 2.45) is 0 Å². The lowest BCUT2D eigenvalue weighted by Gasteiger charge is -2.13. The molecule has 4 rings (SSSR count). The van der Waals surface area contributed by atoms with E-state index in [-0.39, 0.29) is 5.69 Å². The van der Waals surface area contributed by atoms with Crippen molar-refractivity contribution in [2.45, 2.75) is 20.4 Å². The van der Waals surface area contributed by atoms with Crippen LogP contribution in [0.25, 0.3) is 10.6 Å². The van der Waals surface area contributed by atoms with Crippen molar-refractivity contribution in [1.82, 2.24) is 9.55 Å². The number of hydrogen-bond donors (Lipinski definition) is 1. The summed E-state index contributed by atoms with van der Waals surface area (Å²) in [6, 6.07) is 13.9. The van der Waals surface area contributed by atoms with E-state index in [1.54, 1.807) is 16.7 Å². The van der Waals surface area contributed by atoms with E-state index < -0.39 is 18.5 Å². The summed E-state index contributed by atoms with van der Waals surface area (Å²) in [5.74, 6) is -0.804. The number of rotatable bonds is 7. The Bertz CT molecular complexity index is 1330. The largest absolute Gasteiger partial charge is 0.451 e. The van der Waals surface area contributed by atoms with Gasteiger partial charge in [0.15, 0.2) is 12.3 Å². The zero-order chi connectivity index (χ0) is 23.4. The highest BCUT2D eigenvalue weighted by Crippen LogP contribution is 2.28. The molecule has 0 radical (unpaired) electrons. The summed E-state index contributed by atoms with van der Waals surface area (Å²) in [6.07, 6.45) is 0. The molecule has 7 nitrogen and oxygen atoms in total. The fourth-order valence-corrected chi connectivity index (χ4v) is 4.85. The second-order valence-electron chi connectivity index (χ2n) is 7.29. The predicted molar refractivity (Wildman–Crippen MR) is 129 cm³/mol. The number of benzene rings is 1. The molecule has 0 saturated carbocycles. The van der Waals surface area contributed by atoms with Crippen molar-refractivity contribution in [3.05, 3.63) is 80.6 Å². The molecule has 0 saturated heterocycles. The average Bonchev–Trinajstić information content (AvgIpc) is 3.56. The number of thiophene rings is 1. The highest BCUT2D eigenvalue weighted by Gasteiger charge is 2.21. The fraction of sp³-hybridized carbons (Fsp3) is 0.167. The molecule has 166 valence electrons. The third-order valence-electron chi connectivity index (χ3n) is 5.20. The van der Waals surface area contributed by atoms with Crippen LogP contribution in [-0.4, -0.2) is 28.0 Å². The number of ether oxygens (including phenoxy) is 1. The Kier molecular flexibility index (Phi) is 6.68. The van der Waals surface area contributed by atoms with Gasteiger partial charge < -0.3 is 14.6 Å². The zero-order valence-corrected chi connectivity index (χ0v) is 19.6. The maximum absolute atomic E-state index is 12.6. The smallest absolute Gasteiger partial charge is 0.358 e. The molecule has 0 fully saturated rings. The van der Waals surface area contributed by atoms with E-state index in [4.69, 9.17) is 4.74 Å². The van der Waals surface area contributed by atoms with Crippen LogP contribution in [0.1, 0.15) is 32.9 Å². The van der Waals surface area contributed by atoms with E-state index in [0.717, 1.165) is 27.4 Å². The molecule has 3 heterocycles. The van der Waals surface area contributed by atoms with Gasteiger partial charge in [0.1, 0.15) is 16.9 Å². The molecular formula is C24H20N4O3S2. The molecule has 0 aliphatic rings. The molecule has 0 spiro atoms. The molecule has 1 aromatic carbocycles. The van der Waals surface area contributed by atoms with Gasteiger partial charge in [-0.3, -0.25) is 4.79 Å². The Morgan fingerprint density at radius 1 is 1.18 bits per heavy atom. The first-order chi connectivity index (χ1) is 16.0. The van der Waals surface area contributed by atoms with Crippen LogP contribution in [0.5, 0.6) is 0 Å². The third kappa shape index (κ3) is 4.87. The van der Waals surface area contributed by atoms with Crippen molar-refractivity contribution >= 4 is 40.4 Å². The molecule has 0 atom stereocenters. The minimum absolute atomic E-state index is 0.158. The number of carbonyl (C=O) groups excluding carboxylic acids is 2. The molecular weight excluding hydrogens is 456 g/mol. The first kappa shape index (κ1) is 22.5. The van der Waals surface area contributed by atoms with E-state index in [2.05, 4.69) is 16.4 Å². The second-order valence-corrected chi connectivity index (χ2v) is 8.93. The summed E-state index contributed by atoms with van der Waals surface area (Å²) in [5, 5.41) is 18.6. The Hall–Kier alpha value is -3.74. The third-order valence-corrected chi connectivity index (χ3v) is 6.77. The van der Waals surface area contributed by atoms with Crippen molar-refractivity contribution in [3.8, 4) is 16.6 Å². The lowest BCUT2D eigenvalue weighted by Crippen LogP contribution is -2.23. The number of hydrogen-bond acceptors (Lipinski definition) is 7. The fourth-order valence-electron chi connectivity index (χ4n) is 3.35. The molecule has 0 aliphatic heterocycles. The number of nitrogens with one attached hydrogen (secondary N) is 1. The Morgan fingerprint density at radius 3 is 2.67 bits per heavy atom. The van der Waals surface area contributed by atoms with Crippen LogP contribution in [0, 0.1) is 25.2 Å². The van der Waals surface area contributed by atoms with E-state index >= 15 is 0 Å². The van der Waals surface area contributed by atoms with Gasteiger partial charge in [-0.1, -0.05) is 30.3 Å². The lowest BCUT2D eigenvalue weighted by molar-refractivity contribution is -0.119. The molecule has 1 amide bonds. The maximum atomic E-state index is 12.6. The van der Waals surface area contributed by atoms with Crippen LogP contribution in [-0.2, 0) is 16.1 Å². The van der Waals surface area contributed by atoms with Crippen LogP contribution in [0.15, 0.2) is 52.5 Å². The van der Waals surface area contributed by atoms with E-state index in [1.165, 1.54) is 11.3 Å². The van der Waals surface area contributed by atoms with Crippen LogP contribution in [0.2, 0.25) is 0 Å². The molecule has 33 heavy (non-hydrogen) atoms. The molecule has 3 aromatic heterocycles. The SMILES string of the molecule is Cc1c(C#N)c(NC(=O)COC(=O)c2csc(-c3ccsc3)n2)n(Cc2ccccc2)c1C. The van der Waals surface area contributed by atoms with Crippen molar-refractivity contribution in [1.29, 1.82) is 5.26 Å². The molecule has 0 unspecified atom stereocenters. The summed E-state index contributed by atoms with van der Waals surface area (Å²) in [7, 11) is 0. The van der Waals surface area contributed by atoms with Crippen molar-refractivity contribution in [3.63, 3.8) is 0 Å². The van der Waals surface area contributed by atoms with Gasteiger partial charge in [0.05, 0.1) is 5.56 Å². The molecule has 9 heteroatoms. The lowest BCUT2D eigenvalue weighted by atomic mass is 10.2. The topological polar surface area (TPSA) is 97.0 Å². The monoisotopic (exact) mass is 476 g/mol. The van der Waals surface area contributed by atoms with Crippen LogP contribution in [0.4, 0.5) is 5.82 Å². The van der Waals surface area contributed by atoms with Gasteiger partial charge in [0.25, 0.3) is 5.91 Å². The van der Waals surface area contributed by atoms with Crippen LogP contribution in [0.3, 0.4) is 0 Å². The number of amides is 1. The number of nitriles is 1. The van der Waals surface area contributed by atoms with E-state index in [1.807, 2.05) is 65.6 Å². The van der Waals surface area contributed by atoms with Crippen molar-refractivity contribution < 1.29 is 14.3 Å². The highest BCUT2D eigenvalue weighted by molar-refractivity contribution is 7.14. The number of anilines is 1. The molecule has 0 aliphatic carbocycles. The maximum Gasteiger partial charge on any atom is 0.358 e. The van der Waals surface area contributed by atoms with Gasteiger partial charge in [0, 0.05) is 28.6 Å². The molecule has 4 aromatic rings. The van der Waals surface area contributed by atoms with Crippen LogP contribution >= 0.6 is 22.7 Å². The number of thiazole rings is 1. The zero-order valence-electron chi connectivity index (χ0n) is 18.0. The van der Waals surface area contributed by atoms with Crippen LogP contribution < -0.4 is 5.32 Å². The van der Waals surface area contributed by atoms with E-state index in [0.29, 0.717) is 17.9 Å². The first-order valence-electron chi connectivity index (χ1n) is 10.1. The average molecular weight is 477 g/mol. The summed E-state index contributed by atoms with van der Waals surface area (Å²) >= 11 is 2.89. The second kappa shape index (κ2) is 9.81. The van der Waals surface area contributed by atoms with Crippen molar-refractivity contribution in [2.75, 3.05) is 11.9 Å². The van der Waals surface area contributed by atoms with Gasteiger partial charge in [-0.25, -0.2) is 9.78 Å². The van der Waals surface area contributed by atoms with Gasteiger partial charge in [-0.2, -0.15) is 16.6 Å². The number of aromatic nitrogens is 2. The number of nitrogens with zero attached hydrogens (tertiary/aromatic N) is 3. The summed E-state index contributed by atoms with van der Waals surface area (Å²) in [4.78, 5) is 29.3. The predicted octanol–water partition coefficient (Wildman–Crippen LogP) is 5.01. The van der Waals surface area contributed by atoms with Gasteiger partial charge in [-0.15, -0.1) is 11.3 Å². The molecule has 0 bridgehead atoms. The Labute approximate surface area is 198 Å². The van der Waals surface area contributed by atoms with Gasteiger partial charge in [-0.05, 0) is 36.4 Å². The summed E-state index contributed by atoms with van der Waals surface area (Å²) < 4.78 is 7.05. The standard InChI is InChI=1S/C24H20N4O3S2/c1-15-16(2)28(11-17-6-4-3-5-7-17)22(19(15)10-25)27-21(29)12-31-24(30)20-14-33-23(26-20)18-8-9-32-13-18/h3-9,13-14H,11-12H2,1-2H3,(H,27,29). The first-order valence-corrected chi connectivity index (χ1v) is 11.9. The Morgan fingerprint density at radius 2 is 1.97 bits per heavy atom. The molecule has 1 N–H and O–H groups in total. The summed E-state index contributed by atoms with van der Waals surface area (Å²) in [5.41, 5.74) is 4.20. The van der Waals surface area contributed by atoms with Gasteiger partial charge >= 0.3 is 5.97 Å². The number of esters is 1. The Balaban J connectivity index is 1.45. The van der Waals surface area contributed by atoms with E-state index in [9.17, 15) is 14.9 Å². The highest BCUT2D eigenvalue weighted by atomic mass is 32.1. The van der Waals surface area contributed by atoms with Gasteiger partial charge in [0.2, 0.25) is 0 Å². The normalized spacial score (nSPS) is 10.6. The summed E-state index contributed by atoms with van der Waals surface area (Å²) in [6.45, 7) is 3.76. The quantitative estimate of drug-likeness (QED) is 0.378. The minimum Gasteiger partial charge on any atom is -0.451 e.